The molecular formula is C8H6F5N3O2. The summed E-state index contributed by atoms with van der Waals surface area (Å²) in [5.41, 5.74) is -0.785. The molecule has 0 bridgehead atoms. The van der Waals surface area contributed by atoms with Gasteiger partial charge in [-0.25, -0.2) is 0 Å². The van der Waals surface area contributed by atoms with Gasteiger partial charge in [-0.3, -0.25) is 0 Å². The van der Waals surface area contributed by atoms with E-state index in [1.54, 1.807) is 5.28 Å². The Kier molecular flexibility index (Phi) is 3.58. The van der Waals surface area contributed by atoms with Crippen LogP contribution in [0.5, 0.6) is 0 Å². The van der Waals surface area contributed by atoms with Crippen LogP contribution in [0.3, 0.4) is 0 Å². The Morgan fingerprint density at radius 1 is 1.11 bits per heavy atom. The highest BCUT2D eigenvalue weighted by atomic mass is 19.4. The molecule has 1 aromatic carbocycles. The van der Waals surface area contributed by atoms with Crippen LogP contribution in [-0.4, -0.2) is 22.4 Å². The van der Waals surface area contributed by atoms with Gasteiger partial charge in [0.15, 0.2) is 0 Å². The van der Waals surface area contributed by atoms with Crippen molar-refractivity contribution < 1.29 is 32.1 Å². The van der Waals surface area contributed by atoms with E-state index >= 15 is 0 Å². The highest BCUT2D eigenvalue weighted by molar-refractivity contribution is 5.44. The van der Waals surface area contributed by atoms with Crippen molar-refractivity contribution >= 4 is 5.69 Å². The maximum absolute atomic E-state index is 13.1. The van der Waals surface area contributed by atoms with E-state index in [-0.39, 0.29) is 0 Å². The van der Waals surface area contributed by atoms with Crippen molar-refractivity contribution in [3.05, 3.63) is 35.5 Å². The third-order valence-corrected chi connectivity index (χ3v) is 1.86. The van der Waals surface area contributed by atoms with Crippen LogP contribution in [0.2, 0.25) is 0 Å². The van der Waals surface area contributed by atoms with Gasteiger partial charge in [-0.05, 0) is 17.1 Å². The van der Waals surface area contributed by atoms with E-state index in [1.165, 1.54) is 6.07 Å². The largest absolute Gasteiger partial charge is 0.568 e. The molecule has 0 atom stereocenters. The van der Waals surface area contributed by atoms with Crippen molar-refractivity contribution in [2.24, 2.45) is 5.28 Å². The van der Waals surface area contributed by atoms with Crippen molar-refractivity contribution in [3.63, 3.8) is 0 Å². The van der Waals surface area contributed by atoms with Crippen LogP contribution in [0.4, 0.5) is 27.6 Å². The topological polar surface area (TPSA) is 61.9 Å². The molecule has 5 nitrogen and oxygen atoms in total. The molecular weight excluding hydrogens is 265 g/mol. The zero-order valence-corrected chi connectivity index (χ0v) is 8.47. The van der Waals surface area contributed by atoms with Crippen LogP contribution in [0.1, 0.15) is 0 Å². The van der Waals surface area contributed by atoms with Gasteiger partial charge >= 0.3 is 12.2 Å². The van der Waals surface area contributed by atoms with E-state index in [0.29, 0.717) is 0 Å². The minimum absolute atomic E-state index is 0.785. The lowest BCUT2D eigenvalue weighted by Gasteiger charge is -2.27. The number of hydrazine groups is 1. The van der Waals surface area contributed by atoms with Crippen LogP contribution in [0.25, 0.3) is 0 Å². The Labute approximate surface area is 96.9 Å². The van der Waals surface area contributed by atoms with E-state index in [2.05, 4.69) is 0 Å². The molecule has 1 N–H and O–H groups in total. The second-order valence-electron chi connectivity index (χ2n) is 3.03. The number of hydrogen-bond donors (Lipinski definition) is 1. The van der Waals surface area contributed by atoms with Crippen LogP contribution in [-0.2, 0) is 0 Å². The Hall–Kier alpha value is -2.13. The fourth-order valence-electron chi connectivity index (χ4n) is 1.10. The number of hydrogen-bond acceptors (Lipinski definition) is 2. The van der Waals surface area contributed by atoms with Crippen molar-refractivity contribution in [1.82, 2.24) is 0 Å². The van der Waals surface area contributed by atoms with E-state index in [9.17, 15) is 27.2 Å². The second kappa shape index (κ2) is 4.63. The third-order valence-electron chi connectivity index (χ3n) is 1.86. The predicted octanol–water partition coefficient (Wildman–Crippen LogP) is 2.91. The SMILES string of the molecule is [O-]/[N+](=N\O)N(c1ccccc1)C(F)(F)C(F)(F)F. The Balaban J connectivity index is 3.33. The minimum atomic E-state index is -6.02. The molecule has 0 amide bonds. The predicted molar refractivity (Wildman–Crippen MR) is 47.8 cm³/mol. The lowest BCUT2D eigenvalue weighted by atomic mass is 10.3. The molecule has 1 rings (SSSR count). The molecule has 18 heavy (non-hydrogen) atoms. The van der Waals surface area contributed by atoms with E-state index in [4.69, 9.17) is 5.21 Å². The first kappa shape index (κ1) is 13.9. The Bertz CT molecular complexity index is 434. The van der Waals surface area contributed by atoms with Crippen molar-refractivity contribution in [3.8, 4) is 0 Å². The normalized spacial score (nSPS) is 13.5. The number of alkyl halides is 5. The molecule has 0 saturated heterocycles. The molecule has 1 aromatic rings. The van der Waals surface area contributed by atoms with E-state index < -0.39 is 27.9 Å². The van der Waals surface area contributed by atoms with Gasteiger partial charge in [-0.1, -0.05) is 18.2 Å². The molecule has 0 heterocycles. The van der Waals surface area contributed by atoms with Crippen molar-refractivity contribution in [1.29, 1.82) is 0 Å². The molecule has 0 aliphatic carbocycles. The Morgan fingerprint density at radius 3 is 2.00 bits per heavy atom. The summed E-state index contributed by atoms with van der Waals surface area (Å²) >= 11 is 0. The number of para-hydroxylation sites is 1. The van der Waals surface area contributed by atoms with Gasteiger partial charge in [-0.2, -0.15) is 22.0 Å². The fraction of sp³-hybridized carbons (Fsp3) is 0.250. The summed E-state index contributed by atoms with van der Waals surface area (Å²) in [4.78, 5) is -1.25. The van der Waals surface area contributed by atoms with Gasteiger partial charge in [0.2, 0.25) is 5.28 Å². The van der Waals surface area contributed by atoms with Crippen LogP contribution >= 0.6 is 0 Å². The molecule has 0 radical (unpaired) electrons. The molecule has 0 aliphatic rings. The summed E-state index contributed by atoms with van der Waals surface area (Å²) in [5, 5.41) is 19.7. The molecule has 10 heteroatoms. The van der Waals surface area contributed by atoms with Gasteiger partial charge in [0, 0.05) is 0 Å². The summed E-state index contributed by atoms with van der Waals surface area (Å²) in [6, 6.07) is -0.244. The van der Waals surface area contributed by atoms with Gasteiger partial charge in [0.1, 0.15) is 5.69 Å². The third kappa shape index (κ3) is 2.41. The highest BCUT2D eigenvalue weighted by Crippen LogP contribution is 2.40. The average molecular weight is 271 g/mol. The van der Waals surface area contributed by atoms with Gasteiger partial charge in [0.25, 0.3) is 0 Å². The van der Waals surface area contributed by atoms with Gasteiger partial charge in [-0.15, -0.1) is 0 Å². The first-order chi connectivity index (χ1) is 8.21. The maximum Gasteiger partial charge on any atom is 0.481 e. The lowest BCUT2D eigenvalue weighted by Crippen LogP contribution is -2.55. The molecule has 0 spiro atoms. The van der Waals surface area contributed by atoms with E-state index in [1.807, 2.05) is 0 Å². The summed E-state index contributed by atoms with van der Waals surface area (Å²) in [5.74, 6) is 0. The van der Waals surface area contributed by atoms with Crippen LogP contribution in [0.15, 0.2) is 35.6 Å². The molecule has 0 aromatic heterocycles. The van der Waals surface area contributed by atoms with Gasteiger partial charge in [0.05, 0.1) is 4.97 Å². The summed E-state index contributed by atoms with van der Waals surface area (Å²) in [6.07, 6.45) is -6.02. The lowest BCUT2D eigenvalue weighted by molar-refractivity contribution is -0.600. The zero-order chi connectivity index (χ0) is 14.0. The number of rotatable bonds is 3. The molecule has 0 saturated carbocycles. The number of anilines is 1. The monoisotopic (exact) mass is 271 g/mol. The van der Waals surface area contributed by atoms with Crippen molar-refractivity contribution in [2.75, 3.05) is 5.01 Å². The molecule has 0 unspecified atom stereocenters. The summed E-state index contributed by atoms with van der Waals surface area (Å²) in [7, 11) is 0. The van der Waals surface area contributed by atoms with Crippen LogP contribution < -0.4 is 5.01 Å². The van der Waals surface area contributed by atoms with Gasteiger partial charge < -0.3 is 10.4 Å². The smallest absolute Gasteiger partial charge is 0.481 e. The van der Waals surface area contributed by atoms with E-state index in [0.717, 1.165) is 24.3 Å². The molecule has 0 aliphatic heterocycles. The zero-order valence-electron chi connectivity index (χ0n) is 8.47. The standard InChI is InChI=1S/C8H6F5N3O2/c9-7(10,11)8(12,13)15(16(18)14-17)6-4-2-1-3-5-6/h1-5,17H/b16-14-. The quantitative estimate of drug-likeness (QED) is 0.302. The number of nitrogens with zero attached hydrogens (tertiary/aromatic N) is 3. The Morgan fingerprint density at radius 2 is 1.61 bits per heavy atom. The average Bonchev–Trinajstić information content (AvgIpc) is 2.28. The maximum atomic E-state index is 13.1. The number of benzene rings is 1. The van der Waals surface area contributed by atoms with Crippen LogP contribution in [0, 0.1) is 5.21 Å². The molecule has 0 fully saturated rings. The highest BCUT2D eigenvalue weighted by Gasteiger charge is 2.67. The molecule has 100 valence electrons. The fourth-order valence-corrected chi connectivity index (χ4v) is 1.10. The van der Waals surface area contributed by atoms with Crippen molar-refractivity contribution in [2.45, 2.75) is 12.2 Å². The number of halogens is 5. The first-order valence-corrected chi connectivity index (χ1v) is 4.34. The first-order valence-electron chi connectivity index (χ1n) is 4.34. The minimum Gasteiger partial charge on any atom is -0.568 e. The summed E-state index contributed by atoms with van der Waals surface area (Å²) in [6.45, 7) is 0. The second-order valence-corrected chi connectivity index (χ2v) is 3.03. The summed E-state index contributed by atoms with van der Waals surface area (Å²) < 4.78 is 62.8.